The summed E-state index contributed by atoms with van der Waals surface area (Å²) in [6.45, 7) is 1.81. The van der Waals surface area contributed by atoms with Crippen LogP contribution in [0.25, 0.3) is 0 Å². The van der Waals surface area contributed by atoms with Gasteiger partial charge in [0.1, 0.15) is 13.1 Å². The summed E-state index contributed by atoms with van der Waals surface area (Å²) in [5, 5.41) is 8.85. The Hall–Kier alpha value is -1.47. The molecule has 0 spiro atoms. The first-order chi connectivity index (χ1) is 7.17. The van der Waals surface area contributed by atoms with Gasteiger partial charge >= 0.3 is 5.69 Å². The lowest BCUT2D eigenvalue weighted by Crippen LogP contribution is -2.28. The standard InChI is InChI=1S/C8H14N4O3/c1-2-6(3-13)15-5-12-4-10-7(9)11-8(12)14/h4,6,13H,2-3,5H2,1H3,(H2,9,11,14)/t6-/m0/s1. The van der Waals surface area contributed by atoms with Gasteiger partial charge in [0.15, 0.2) is 0 Å². The third-order valence-electron chi connectivity index (χ3n) is 1.89. The number of aliphatic hydroxyl groups excluding tert-OH is 1. The van der Waals surface area contributed by atoms with E-state index in [-0.39, 0.29) is 25.4 Å². The molecule has 3 N–H and O–H groups in total. The van der Waals surface area contributed by atoms with E-state index in [4.69, 9.17) is 15.6 Å². The lowest BCUT2D eigenvalue weighted by Gasteiger charge is -2.13. The minimum atomic E-state index is -0.518. The summed E-state index contributed by atoms with van der Waals surface area (Å²) < 4.78 is 6.41. The van der Waals surface area contributed by atoms with Crippen molar-refractivity contribution in [2.45, 2.75) is 26.2 Å². The van der Waals surface area contributed by atoms with E-state index < -0.39 is 5.69 Å². The van der Waals surface area contributed by atoms with Crippen LogP contribution < -0.4 is 11.4 Å². The fraction of sp³-hybridized carbons (Fsp3) is 0.625. The Bertz CT molecular complexity index is 361. The van der Waals surface area contributed by atoms with E-state index >= 15 is 0 Å². The first-order valence-electron chi connectivity index (χ1n) is 4.58. The molecule has 1 heterocycles. The minimum absolute atomic E-state index is 0.0121. The van der Waals surface area contributed by atoms with Gasteiger partial charge in [-0.15, -0.1) is 0 Å². The third kappa shape index (κ3) is 3.30. The first-order valence-corrected chi connectivity index (χ1v) is 4.58. The molecule has 1 aromatic rings. The molecular formula is C8H14N4O3. The van der Waals surface area contributed by atoms with E-state index in [1.807, 2.05) is 6.92 Å². The molecule has 0 bridgehead atoms. The van der Waals surface area contributed by atoms with Crippen LogP contribution in [0.5, 0.6) is 0 Å². The molecule has 15 heavy (non-hydrogen) atoms. The molecule has 0 saturated heterocycles. The third-order valence-corrected chi connectivity index (χ3v) is 1.89. The van der Waals surface area contributed by atoms with Gasteiger partial charge < -0.3 is 15.6 Å². The first kappa shape index (κ1) is 11.6. The van der Waals surface area contributed by atoms with Gasteiger partial charge in [-0.1, -0.05) is 6.92 Å². The molecule has 0 aromatic carbocycles. The summed E-state index contributed by atoms with van der Waals surface area (Å²) in [5.74, 6) is -0.0644. The maximum absolute atomic E-state index is 11.2. The van der Waals surface area contributed by atoms with E-state index in [1.165, 1.54) is 10.9 Å². The molecule has 1 rings (SSSR count). The molecule has 0 unspecified atom stereocenters. The monoisotopic (exact) mass is 214 g/mol. The molecule has 0 amide bonds. The number of hydrogen-bond donors (Lipinski definition) is 2. The Balaban J connectivity index is 2.61. The van der Waals surface area contributed by atoms with Gasteiger partial charge in [0.05, 0.1) is 12.7 Å². The predicted octanol–water partition coefficient (Wildman–Crippen LogP) is -1.03. The van der Waals surface area contributed by atoms with E-state index in [1.54, 1.807) is 0 Å². The molecular weight excluding hydrogens is 200 g/mol. The zero-order valence-corrected chi connectivity index (χ0v) is 8.46. The summed E-state index contributed by atoms with van der Waals surface area (Å²) in [6.07, 6.45) is 1.64. The average Bonchev–Trinajstić information content (AvgIpc) is 2.22. The molecule has 1 aromatic heterocycles. The van der Waals surface area contributed by atoms with Gasteiger partial charge in [0, 0.05) is 0 Å². The van der Waals surface area contributed by atoms with Crippen LogP contribution in [0, 0.1) is 0 Å². The second-order valence-corrected chi connectivity index (χ2v) is 2.98. The predicted molar refractivity (Wildman–Crippen MR) is 53.0 cm³/mol. The maximum atomic E-state index is 11.2. The topological polar surface area (TPSA) is 103 Å². The van der Waals surface area contributed by atoms with Gasteiger partial charge in [0.2, 0.25) is 5.95 Å². The lowest BCUT2D eigenvalue weighted by molar-refractivity contribution is -0.0272. The molecule has 84 valence electrons. The molecule has 7 nitrogen and oxygen atoms in total. The van der Waals surface area contributed by atoms with Gasteiger partial charge in [-0.05, 0) is 6.42 Å². The second kappa shape index (κ2) is 5.42. The fourth-order valence-electron chi connectivity index (χ4n) is 0.943. The van der Waals surface area contributed by atoms with Crippen LogP contribution in [0.2, 0.25) is 0 Å². The molecule has 7 heteroatoms. The van der Waals surface area contributed by atoms with Gasteiger partial charge in [-0.25, -0.2) is 9.78 Å². The number of anilines is 1. The Labute approximate surface area is 86.5 Å². The van der Waals surface area contributed by atoms with Crippen molar-refractivity contribution < 1.29 is 9.84 Å². The van der Waals surface area contributed by atoms with E-state index in [9.17, 15) is 4.79 Å². The number of rotatable bonds is 5. The fourth-order valence-corrected chi connectivity index (χ4v) is 0.943. The Morgan fingerprint density at radius 2 is 2.47 bits per heavy atom. The van der Waals surface area contributed by atoms with Crippen LogP contribution in [0.4, 0.5) is 5.95 Å². The number of nitrogen functional groups attached to an aromatic ring is 1. The lowest BCUT2D eigenvalue weighted by atomic mass is 10.3. The molecule has 0 aliphatic heterocycles. The largest absolute Gasteiger partial charge is 0.394 e. The van der Waals surface area contributed by atoms with Crippen molar-refractivity contribution >= 4 is 5.95 Å². The summed E-state index contributed by atoms with van der Waals surface area (Å²) in [4.78, 5) is 18.3. The molecule has 0 aliphatic carbocycles. The van der Waals surface area contributed by atoms with Crippen molar-refractivity contribution in [1.82, 2.24) is 14.5 Å². The number of nitrogens with zero attached hydrogens (tertiary/aromatic N) is 3. The second-order valence-electron chi connectivity index (χ2n) is 2.98. The van der Waals surface area contributed by atoms with Crippen LogP contribution in [0.3, 0.4) is 0 Å². The maximum Gasteiger partial charge on any atom is 0.353 e. The van der Waals surface area contributed by atoms with Gasteiger partial charge in [0.25, 0.3) is 0 Å². The zero-order chi connectivity index (χ0) is 11.3. The zero-order valence-electron chi connectivity index (χ0n) is 8.46. The van der Waals surface area contributed by atoms with Crippen LogP contribution in [0.1, 0.15) is 13.3 Å². The van der Waals surface area contributed by atoms with E-state index in [2.05, 4.69) is 9.97 Å². The van der Waals surface area contributed by atoms with E-state index in [0.29, 0.717) is 6.42 Å². The van der Waals surface area contributed by atoms with E-state index in [0.717, 1.165) is 0 Å². The molecule has 0 fully saturated rings. The highest BCUT2D eigenvalue weighted by Gasteiger charge is 2.05. The summed E-state index contributed by atoms with van der Waals surface area (Å²) >= 11 is 0. The van der Waals surface area contributed by atoms with Crippen LogP contribution in [-0.4, -0.2) is 32.4 Å². The van der Waals surface area contributed by atoms with Crippen molar-refractivity contribution in [3.05, 3.63) is 16.8 Å². The smallest absolute Gasteiger partial charge is 0.353 e. The van der Waals surface area contributed by atoms with Gasteiger partial charge in [-0.2, -0.15) is 4.98 Å². The minimum Gasteiger partial charge on any atom is -0.394 e. The number of hydrogen-bond acceptors (Lipinski definition) is 6. The average molecular weight is 214 g/mol. The Morgan fingerprint density at radius 3 is 3.00 bits per heavy atom. The molecule has 0 aliphatic rings. The van der Waals surface area contributed by atoms with Crippen LogP contribution in [-0.2, 0) is 11.5 Å². The highest BCUT2D eigenvalue weighted by Crippen LogP contribution is 1.97. The number of ether oxygens (including phenoxy) is 1. The van der Waals surface area contributed by atoms with Crippen molar-refractivity contribution in [1.29, 1.82) is 0 Å². The van der Waals surface area contributed by atoms with Crippen molar-refractivity contribution in [2.24, 2.45) is 0 Å². The molecule has 1 atom stereocenters. The van der Waals surface area contributed by atoms with Crippen molar-refractivity contribution in [2.75, 3.05) is 12.3 Å². The highest BCUT2D eigenvalue weighted by molar-refractivity contribution is 5.09. The van der Waals surface area contributed by atoms with Crippen molar-refractivity contribution in [3.8, 4) is 0 Å². The Morgan fingerprint density at radius 1 is 1.73 bits per heavy atom. The quantitative estimate of drug-likeness (QED) is 0.649. The Kier molecular flexibility index (Phi) is 4.19. The van der Waals surface area contributed by atoms with Crippen LogP contribution in [0.15, 0.2) is 11.1 Å². The number of aliphatic hydroxyl groups is 1. The SMILES string of the molecule is CC[C@@H](CO)OCn1cnc(N)nc1=O. The normalized spacial score (nSPS) is 12.7. The number of nitrogens with two attached hydrogens (primary N) is 1. The highest BCUT2D eigenvalue weighted by atomic mass is 16.5. The van der Waals surface area contributed by atoms with Crippen LogP contribution >= 0.6 is 0 Å². The summed E-state index contributed by atoms with van der Waals surface area (Å²) in [7, 11) is 0. The molecule has 0 saturated carbocycles. The summed E-state index contributed by atoms with van der Waals surface area (Å²) in [6, 6.07) is 0. The summed E-state index contributed by atoms with van der Waals surface area (Å²) in [5.41, 5.74) is 4.70. The van der Waals surface area contributed by atoms with Crippen molar-refractivity contribution in [3.63, 3.8) is 0 Å². The molecule has 0 radical (unpaired) electrons. The van der Waals surface area contributed by atoms with Gasteiger partial charge in [-0.3, -0.25) is 4.57 Å². The number of aromatic nitrogens is 3.